The third-order valence-corrected chi connectivity index (χ3v) is 5.92. The fourth-order valence-corrected chi connectivity index (χ4v) is 4.08. The summed E-state index contributed by atoms with van der Waals surface area (Å²) in [7, 11) is 0. The second-order valence-electron chi connectivity index (χ2n) is 8.12. The third kappa shape index (κ3) is 5.14. The van der Waals surface area contributed by atoms with E-state index in [9.17, 15) is 9.59 Å². The number of nitrogens with zero attached hydrogens (tertiary/aromatic N) is 2. The molecule has 3 aromatic rings. The molecule has 0 bridgehead atoms. The molecule has 0 aliphatic carbocycles. The van der Waals surface area contributed by atoms with Crippen molar-refractivity contribution in [2.45, 2.75) is 25.8 Å². The summed E-state index contributed by atoms with van der Waals surface area (Å²) in [5.41, 5.74) is 3.66. The number of hydrogen-bond donors (Lipinski definition) is 2. The molecule has 6 nitrogen and oxygen atoms in total. The van der Waals surface area contributed by atoms with Gasteiger partial charge in [-0.2, -0.15) is 0 Å². The normalized spacial score (nSPS) is 15.1. The van der Waals surface area contributed by atoms with Crippen molar-refractivity contribution in [2.75, 3.05) is 18.4 Å². The van der Waals surface area contributed by atoms with Crippen molar-refractivity contribution in [1.29, 1.82) is 0 Å². The molecule has 164 valence electrons. The van der Waals surface area contributed by atoms with Crippen molar-refractivity contribution in [1.82, 2.24) is 15.2 Å². The van der Waals surface area contributed by atoms with Crippen LogP contribution in [0.5, 0.6) is 0 Å². The fourth-order valence-electron chi connectivity index (χ4n) is 4.08. The Labute approximate surface area is 188 Å². The average Bonchev–Trinajstić information content (AvgIpc) is 2.84. The van der Waals surface area contributed by atoms with Crippen molar-refractivity contribution >= 4 is 17.6 Å². The van der Waals surface area contributed by atoms with E-state index in [4.69, 9.17) is 0 Å². The molecule has 0 radical (unpaired) electrons. The number of hydrogen-bond acceptors (Lipinski definition) is 3. The van der Waals surface area contributed by atoms with Crippen molar-refractivity contribution in [3.63, 3.8) is 0 Å². The van der Waals surface area contributed by atoms with Crippen LogP contribution in [0.2, 0.25) is 0 Å². The van der Waals surface area contributed by atoms with Gasteiger partial charge in [-0.1, -0.05) is 54.6 Å². The van der Waals surface area contributed by atoms with Gasteiger partial charge in [-0.25, -0.2) is 4.79 Å². The highest BCUT2D eigenvalue weighted by molar-refractivity contribution is 5.89. The summed E-state index contributed by atoms with van der Waals surface area (Å²) in [5, 5.41) is 6.14. The Hall–Kier alpha value is -3.67. The number of urea groups is 1. The predicted octanol–water partition coefficient (Wildman–Crippen LogP) is 4.54. The Morgan fingerprint density at radius 3 is 2.25 bits per heavy atom. The quantitative estimate of drug-likeness (QED) is 0.627. The van der Waals surface area contributed by atoms with E-state index in [1.807, 2.05) is 79.7 Å². The molecule has 2 aromatic carbocycles. The van der Waals surface area contributed by atoms with Crippen LogP contribution in [-0.2, 0) is 4.79 Å². The molecule has 6 heteroatoms. The van der Waals surface area contributed by atoms with E-state index in [0.717, 1.165) is 22.5 Å². The zero-order valence-corrected chi connectivity index (χ0v) is 18.2. The van der Waals surface area contributed by atoms with Crippen LogP contribution in [0.15, 0.2) is 79.0 Å². The zero-order valence-electron chi connectivity index (χ0n) is 18.2. The van der Waals surface area contributed by atoms with Gasteiger partial charge in [-0.15, -0.1) is 0 Å². The molecule has 2 N–H and O–H groups in total. The number of amides is 3. The number of piperidine rings is 1. The second-order valence-corrected chi connectivity index (χ2v) is 8.12. The summed E-state index contributed by atoms with van der Waals surface area (Å²) in [4.78, 5) is 32.0. The number of aryl methyl sites for hydroxylation is 1. The first kappa shape index (κ1) is 21.6. The van der Waals surface area contributed by atoms with Crippen LogP contribution in [-0.4, -0.2) is 34.9 Å². The van der Waals surface area contributed by atoms with Crippen molar-refractivity contribution in [2.24, 2.45) is 5.92 Å². The molecular formula is C26H28N4O2. The maximum absolute atomic E-state index is 13.2. The van der Waals surface area contributed by atoms with Gasteiger partial charge >= 0.3 is 6.03 Å². The molecule has 1 aliphatic rings. The van der Waals surface area contributed by atoms with Crippen LogP contribution < -0.4 is 10.6 Å². The maximum atomic E-state index is 13.2. The zero-order chi connectivity index (χ0) is 22.3. The fraction of sp³-hybridized carbons (Fsp3) is 0.269. The number of carbonyl (C=O) groups is 2. The highest BCUT2D eigenvalue weighted by Gasteiger charge is 2.30. The maximum Gasteiger partial charge on any atom is 0.321 e. The molecule has 0 saturated carbocycles. The van der Waals surface area contributed by atoms with Gasteiger partial charge in [-0.3, -0.25) is 9.78 Å². The average molecular weight is 429 g/mol. The molecule has 32 heavy (non-hydrogen) atoms. The summed E-state index contributed by atoms with van der Waals surface area (Å²) in [5.74, 6) is -0.127. The van der Waals surface area contributed by atoms with Gasteiger partial charge in [0.2, 0.25) is 5.91 Å². The first-order valence-corrected chi connectivity index (χ1v) is 11.0. The first-order chi connectivity index (χ1) is 15.6. The van der Waals surface area contributed by atoms with E-state index in [-0.39, 0.29) is 23.9 Å². The molecular weight excluding hydrogens is 400 g/mol. The molecule has 1 unspecified atom stereocenters. The molecule has 1 fully saturated rings. The van der Waals surface area contributed by atoms with Gasteiger partial charge in [0.05, 0.1) is 11.7 Å². The van der Waals surface area contributed by atoms with E-state index in [1.165, 1.54) is 0 Å². The van der Waals surface area contributed by atoms with Crippen LogP contribution >= 0.6 is 0 Å². The number of nitrogens with one attached hydrogen (secondary N) is 2. The number of para-hydroxylation sites is 1. The summed E-state index contributed by atoms with van der Waals surface area (Å²) in [6.45, 7) is 3.11. The van der Waals surface area contributed by atoms with Crippen LogP contribution in [0.4, 0.5) is 10.5 Å². The summed E-state index contributed by atoms with van der Waals surface area (Å²) < 4.78 is 0. The number of benzene rings is 2. The van der Waals surface area contributed by atoms with Crippen LogP contribution in [0.3, 0.4) is 0 Å². The largest absolute Gasteiger partial charge is 0.343 e. The number of likely N-dealkylation sites (tertiary alicyclic amines) is 1. The minimum Gasteiger partial charge on any atom is -0.343 e. The van der Waals surface area contributed by atoms with Gasteiger partial charge in [0.15, 0.2) is 0 Å². The summed E-state index contributed by atoms with van der Waals surface area (Å²) in [6.07, 6.45) is 3.03. The van der Waals surface area contributed by atoms with Crippen LogP contribution in [0.25, 0.3) is 0 Å². The van der Waals surface area contributed by atoms with Crippen molar-refractivity contribution in [3.8, 4) is 0 Å². The lowest BCUT2D eigenvalue weighted by molar-refractivity contribution is -0.126. The number of aromatic nitrogens is 1. The Bertz CT molecular complexity index is 1050. The Morgan fingerprint density at radius 2 is 1.59 bits per heavy atom. The topological polar surface area (TPSA) is 74.3 Å². The van der Waals surface area contributed by atoms with Gasteiger partial charge in [0.25, 0.3) is 0 Å². The van der Waals surface area contributed by atoms with Crippen LogP contribution in [0.1, 0.15) is 35.7 Å². The molecule has 4 rings (SSSR count). The van der Waals surface area contributed by atoms with E-state index < -0.39 is 0 Å². The SMILES string of the molecule is Cc1cccnc1C(NC(=O)C1CCN(C(=O)Nc2ccccc2)CC1)c1ccccc1. The highest BCUT2D eigenvalue weighted by atomic mass is 16.2. The van der Waals surface area contributed by atoms with Gasteiger partial charge < -0.3 is 15.5 Å². The molecule has 1 atom stereocenters. The van der Waals surface area contributed by atoms with E-state index in [1.54, 1.807) is 11.1 Å². The minimum absolute atomic E-state index is 0.00650. The Kier molecular flexibility index (Phi) is 6.80. The van der Waals surface area contributed by atoms with Gasteiger partial charge in [0.1, 0.15) is 0 Å². The number of carbonyl (C=O) groups excluding carboxylic acids is 2. The summed E-state index contributed by atoms with van der Waals surface area (Å²) in [6, 6.07) is 22.8. The van der Waals surface area contributed by atoms with E-state index in [0.29, 0.717) is 25.9 Å². The number of anilines is 1. The number of pyridine rings is 1. The molecule has 1 aromatic heterocycles. The molecule has 1 saturated heterocycles. The van der Waals surface area contributed by atoms with E-state index in [2.05, 4.69) is 15.6 Å². The molecule has 1 aliphatic heterocycles. The third-order valence-electron chi connectivity index (χ3n) is 5.92. The van der Waals surface area contributed by atoms with Crippen LogP contribution in [0, 0.1) is 12.8 Å². The lowest BCUT2D eigenvalue weighted by atomic mass is 9.94. The van der Waals surface area contributed by atoms with Gasteiger partial charge in [0, 0.05) is 30.9 Å². The lowest BCUT2D eigenvalue weighted by Crippen LogP contribution is -2.45. The van der Waals surface area contributed by atoms with E-state index >= 15 is 0 Å². The Morgan fingerprint density at radius 1 is 0.938 bits per heavy atom. The number of rotatable bonds is 5. The summed E-state index contributed by atoms with van der Waals surface area (Å²) >= 11 is 0. The van der Waals surface area contributed by atoms with Gasteiger partial charge in [-0.05, 0) is 49.1 Å². The molecule has 2 heterocycles. The standard InChI is InChI=1S/C26H28N4O2/c1-19-9-8-16-27-23(19)24(20-10-4-2-5-11-20)29-25(31)21-14-17-30(18-15-21)26(32)28-22-12-6-3-7-13-22/h2-13,16,21,24H,14-15,17-18H2,1H3,(H,28,32)(H,29,31). The lowest BCUT2D eigenvalue weighted by Gasteiger charge is -2.32. The predicted molar refractivity (Wildman–Crippen MR) is 125 cm³/mol. The second kappa shape index (κ2) is 10.1. The minimum atomic E-state index is -0.302. The smallest absolute Gasteiger partial charge is 0.321 e. The molecule has 3 amide bonds. The monoisotopic (exact) mass is 428 g/mol. The first-order valence-electron chi connectivity index (χ1n) is 11.0. The Balaban J connectivity index is 1.39. The highest BCUT2D eigenvalue weighted by Crippen LogP contribution is 2.25. The molecule has 0 spiro atoms. The van der Waals surface area contributed by atoms with Crippen molar-refractivity contribution in [3.05, 3.63) is 95.8 Å². The van der Waals surface area contributed by atoms with Crippen molar-refractivity contribution < 1.29 is 9.59 Å².